The highest BCUT2D eigenvalue weighted by Gasteiger charge is 2.20. The van der Waals surface area contributed by atoms with Crippen LogP contribution in [0.5, 0.6) is 0 Å². The van der Waals surface area contributed by atoms with Crippen LogP contribution in [0.4, 0.5) is 0 Å². The molecule has 0 saturated carbocycles. The third-order valence-electron chi connectivity index (χ3n) is 3.07. The topological polar surface area (TPSA) is 87.3 Å². The fourth-order valence-electron chi connectivity index (χ4n) is 1.97. The van der Waals surface area contributed by atoms with Crippen LogP contribution in [0.1, 0.15) is 43.6 Å². The molecule has 8 heteroatoms. The van der Waals surface area contributed by atoms with Crippen LogP contribution in [0.2, 0.25) is 0 Å². The lowest BCUT2D eigenvalue weighted by atomic mass is 10.1. The molecule has 0 aliphatic carbocycles. The SMILES string of the molecule is CNC(C)CNC(=O)c1cccc(CS(=O)(=O)NC(C)(C)C)c1.Cl. The molecule has 1 aromatic rings. The number of sulfonamides is 1. The van der Waals surface area contributed by atoms with Gasteiger partial charge in [0.2, 0.25) is 10.0 Å². The van der Waals surface area contributed by atoms with Crippen LogP contribution >= 0.6 is 12.4 Å². The van der Waals surface area contributed by atoms with Crippen LogP contribution in [0, 0.1) is 0 Å². The highest BCUT2D eigenvalue weighted by molar-refractivity contribution is 7.88. The van der Waals surface area contributed by atoms with Crippen molar-refractivity contribution >= 4 is 28.3 Å². The molecule has 1 aromatic carbocycles. The normalized spacial score (nSPS) is 13.0. The largest absolute Gasteiger partial charge is 0.350 e. The molecule has 0 aliphatic rings. The fraction of sp³-hybridized carbons (Fsp3) is 0.562. The second-order valence-electron chi connectivity index (χ2n) is 6.71. The second-order valence-corrected chi connectivity index (χ2v) is 8.43. The van der Waals surface area contributed by atoms with Gasteiger partial charge in [-0.05, 0) is 52.4 Å². The number of likely N-dealkylation sites (N-methyl/N-ethyl adjacent to an activating group) is 1. The van der Waals surface area contributed by atoms with Gasteiger partial charge < -0.3 is 10.6 Å². The van der Waals surface area contributed by atoms with Crippen LogP contribution in [0.3, 0.4) is 0 Å². The van der Waals surface area contributed by atoms with E-state index in [2.05, 4.69) is 15.4 Å². The number of hydrogen-bond acceptors (Lipinski definition) is 4. The van der Waals surface area contributed by atoms with Gasteiger partial charge in [-0.2, -0.15) is 0 Å². The van der Waals surface area contributed by atoms with E-state index >= 15 is 0 Å². The smallest absolute Gasteiger partial charge is 0.251 e. The fourth-order valence-corrected chi connectivity index (χ4v) is 3.60. The van der Waals surface area contributed by atoms with Gasteiger partial charge in [0.05, 0.1) is 5.75 Å². The number of amides is 1. The summed E-state index contributed by atoms with van der Waals surface area (Å²) in [5, 5.41) is 5.85. The Morgan fingerprint density at radius 1 is 1.25 bits per heavy atom. The summed E-state index contributed by atoms with van der Waals surface area (Å²) in [6.45, 7) is 7.83. The Balaban J connectivity index is 0.00000529. The van der Waals surface area contributed by atoms with Crippen molar-refractivity contribution in [3.63, 3.8) is 0 Å². The van der Waals surface area contributed by atoms with Crippen molar-refractivity contribution in [2.45, 2.75) is 45.0 Å². The van der Waals surface area contributed by atoms with Gasteiger partial charge in [0.25, 0.3) is 5.91 Å². The van der Waals surface area contributed by atoms with E-state index in [0.29, 0.717) is 17.7 Å². The third-order valence-corrected chi connectivity index (χ3v) is 4.71. The van der Waals surface area contributed by atoms with Gasteiger partial charge in [-0.1, -0.05) is 12.1 Å². The number of carbonyl (C=O) groups is 1. The minimum absolute atomic E-state index is 0. The predicted molar refractivity (Wildman–Crippen MR) is 100 cm³/mol. The lowest BCUT2D eigenvalue weighted by Gasteiger charge is -2.20. The van der Waals surface area contributed by atoms with Gasteiger partial charge in [0, 0.05) is 23.7 Å². The Kier molecular flexibility index (Phi) is 8.91. The van der Waals surface area contributed by atoms with E-state index in [1.165, 1.54) is 0 Å². The highest BCUT2D eigenvalue weighted by atomic mass is 35.5. The average molecular weight is 378 g/mol. The Morgan fingerprint density at radius 3 is 2.42 bits per heavy atom. The zero-order valence-electron chi connectivity index (χ0n) is 14.8. The van der Waals surface area contributed by atoms with Gasteiger partial charge in [-0.3, -0.25) is 4.79 Å². The number of nitrogens with one attached hydrogen (secondary N) is 3. The van der Waals surface area contributed by atoms with E-state index < -0.39 is 15.6 Å². The quantitative estimate of drug-likeness (QED) is 0.674. The summed E-state index contributed by atoms with van der Waals surface area (Å²) in [7, 11) is -1.63. The molecule has 0 radical (unpaired) electrons. The van der Waals surface area contributed by atoms with Crippen molar-refractivity contribution in [2.75, 3.05) is 13.6 Å². The van der Waals surface area contributed by atoms with E-state index in [4.69, 9.17) is 0 Å². The van der Waals surface area contributed by atoms with E-state index in [1.54, 1.807) is 45.0 Å². The predicted octanol–water partition coefficient (Wildman–Crippen LogP) is 1.66. The molecule has 1 unspecified atom stereocenters. The van der Waals surface area contributed by atoms with Crippen molar-refractivity contribution in [1.29, 1.82) is 0 Å². The summed E-state index contributed by atoms with van der Waals surface area (Å²) in [6.07, 6.45) is 0. The van der Waals surface area contributed by atoms with Crippen LogP contribution in [0.15, 0.2) is 24.3 Å². The number of benzene rings is 1. The molecule has 1 atom stereocenters. The van der Waals surface area contributed by atoms with Crippen LogP contribution in [-0.2, 0) is 15.8 Å². The van der Waals surface area contributed by atoms with Crippen LogP contribution < -0.4 is 15.4 Å². The molecular formula is C16H28ClN3O3S. The molecule has 24 heavy (non-hydrogen) atoms. The van der Waals surface area contributed by atoms with Gasteiger partial charge in [-0.15, -0.1) is 12.4 Å². The summed E-state index contributed by atoms with van der Waals surface area (Å²) in [5.74, 6) is -0.367. The zero-order valence-corrected chi connectivity index (χ0v) is 16.5. The molecule has 0 aliphatic heterocycles. The summed E-state index contributed by atoms with van der Waals surface area (Å²) in [6, 6.07) is 6.85. The first-order valence-corrected chi connectivity index (χ1v) is 9.24. The molecule has 0 saturated heterocycles. The Bertz CT molecular complexity index is 642. The lowest BCUT2D eigenvalue weighted by molar-refractivity contribution is 0.0950. The first kappa shape index (κ1) is 22.9. The van der Waals surface area contributed by atoms with Crippen molar-refractivity contribution in [2.24, 2.45) is 0 Å². The van der Waals surface area contributed by atoms with E-state index in [0.717, 1.165) is 0 Å². The minimum Gasteiger partial charge on any atom is -0.350 e. The Hall–Kier alpha value is -1.15. The van der Waals surface area contributed by atoms with Crippen molar-refractivity contribution in [3.05, 3.63) is 35.4 Å². The first-order chi connectivity index (χ1) is 10.5. The van der Waals surface area contributed by atoms with E-state index in [9.17, 15) is 13.2 Å². The summed E-state index contributed by atoms with van der Waals surface area (Å²) >= 11 is 0. The van der Waals surface area contributed by atoms with E-state index in [-0.39, 0.29) is 30.1 Å². The maximum absolute atomic E-state index is 12.1. The zero-order chi connectivity index (χ0) is 17.7. The highest BCUT2D eigenvalue weighted by Crippen LogP contribution is 2.11. The van der Waals surface area contributed by atoms with Gasteiger partial charge in [-0.25, -0.2) is 13.1 Å². The first-order valence-electron chi connectivity index (χ1n) is 7.58. The van der Waals surface area contributed by atoms with Crippen molar-refractivity contribution < 1.29 is 13.2 Å². The molecule has 6 nitrogen and oxygen atoms in total. The van der Waals surface area contributed by atoms with Gasteiger partial charge in [0.15, 0.2) is 0 Å². The molecule has 138 valence electrons. The summed E-state index contributed by atoms with van der Waals surface area (Å²) in [4.78, 5) is 12.1. The molecule has 0 fully saturated rings. The van der Waals surface area contributed by atoms with E-state index in [1.807, 2.05) is 14.0 Å². The molecule has 1 amide bonds. The Labute approximate surface area is 151 Å². The standard InChI is InChI=1S/C16H27N3O3S.ClH/c1-12(17-5)10-18-15(20)14-8-6-7-13(9-14)11-23(21,22)19-16(2,3)4;/h6-9,12,17,19H,10-11H2,1-5H3,(H,18,20);1H. The monoisotopic (exact) mass is 377 g/mol. The summed E-state index contributed by atoms with van der Waals surface area (Å²) < 4.78 is 26.9. The number of rotatable bonds is 7. The van der Waals surface area contributed by atoms with Crippen LogP contribution in [0.25, 0.3) is 0 Å². The average Bonchev–Trinajstić information content (AvgIpc) is 2.41. The molecule has 0 heterocycles. The maximum atomic E-state index is 12.1. The molecule has 3 N–H and O–H groups in total. The van der Waals surface area contributed by atoms with Gasteiger partial charge >= 0.3 is 0 Å². The third kappa shape index (κ3) is 8.63. The maximum Gasteiger partial charge on any atom is 0.251 e. The van der Waals surface area contributed by atoms with Crippen molar-refractivity contribution in [3.8, 4) is 0 Å². The lowest BCUT2D eigenvalue weighted by Crippen LogP contribution is -2.41. The van der Waals surface area contributed by atoms with Crippen LogP contribution in [-0.4, -0.2) is 39.5 Å². The molecule has 1 rings (SSSR count). The Morgan fingerprint density at radius 2 is 1.88 bits per heavy atom. The number of halogens is 1. The van der Waals surface area contributed by atoms with Crippen molar-refractivity contribution in [1.82, 2.24) is 15.4 Å². The molecule has 0 bridgehead atoms. The number of hydrogen-bond donors (Lipinski definition) is 3. The molecular weight excluding hydrogens is 350 g/mol. The van der Waals surface area contributed by atoms with Gasteiger partial charge in [0.1, 0.15) is 0 Å². The molecule has 0 spiro atoms. The summed E-state index contributed by atoms with van der Waals surface area (Å²) in [5.41, 5.74) is 0.504. The number of carbonyl (C=O) groups excluding carboxylic acids is 1. The molecule has 0 aromatic heterocycles. The minimum atomic E-state index is -3.46. The second kappa shape index (κ2) is 9.36.